The van der Waals surface area contributed by atoms with E-state index in [4.69, 9.17) is 0 Å². The summed E-state index contributed by atoms with van der Waals surface area (Å²) in [5.74, 6) is -0.327. The van der Waals surface area contributed by atoms with Crippen LogP contribution >= 0.6 is 0 Å². The predicted molar refractivity (Wildman–Crippen MR) is 125 cm³/mol. The molecule has 0 bridgehead atoms. The number of carbonyl (C=O) groups excluding carboxylic acids is 1. The van der Waals surface area contributed by atoms with E-state index >= 15 is 0 Å². The third kappa shape index (κ3) is 4.47. The lowest BCUT2D eigenvalue weighted by Crippen LogP contribution is -2.32. The molecule has 0 aliphatic carbocycles. The number of nitrogens with zero attached hydrogens (tertiary/aromatic N) is 3. The Balaban J connectivity index is 1.56. The van der Waals surface area contributed by atoms with Gasteiger partial charge in [-0.2, -0.15) is 9.40 Å². The zero-order valence-electron chi connectivity index (χ0n) is 18.4. The van der Waals surface area contributed by atoms with E-state index in [-0.39, 0.29) is 10.8 Å². The lowest BCUT2D eigenvalue weighted by atomic mass is 10.2. The fraction of sp³-hybridized carbons (Fsp3) is 0.333. The van der Waals surface area contributed by atoms with Gasteiger partial charge in [-0.3, -0.25) is 4.79 Å². The van der Waals surface area contributed by atoms with Crippen LogP contribution in [0.3, 0.4) is 0 Å². The number of anilines is 1. The van der Waals surface area contributed by atoms with Gasteiger partial charge in [0.15, 0.2) is 0 Å². The largest absolute Gasteiger partial charge is 0.322 e. The monoisotopic (exact) mass is 452 g/mol. The second kappa shape index (κ2) is 9.26. The highest BCUT2D eigenvalue weighted by Crippen LogP contribution is 2.24. The number of amides is 1. The quantitative estimate of drug-likeness (QED) is 0.625. The van der Waals surface area contributed by atoms with Gasteiger partial charge in [0.1, 0.15) is 0 Å². The number of aryl methyl sites for hydroxylation is 1. The summed E-state index contributed by atoms with van der Waals surface area (Å²) in [6.07, 6.45) is 5.39. The van der Waals surface area contributed by atoms with Crippen LogP contribution in [-0.4, -0.2) is 41.5 Å². The Bertz CT molecular complexity index is 1230. The van der Waals surface area contributed by atoms with Gasteiger partial charge in [-0.25, -0.2) is 13.1 Å². The molecule has 1 saturated heterocycles. The van der Waals surface area contributed by atoms with Crippen molar-refractivity contribution in [2.24, 2.45) is 0 Å². The smallest absolute Gasteiger partial charge is 0.259 e. The van der Waals surface area contributed by atoms with Crippen LogP contribution in [0.5, 0.6) is 0 Å². The van der Waals surface area contributed by atoms with Crippen LogP contribution in [0.25, 0.3) is 5.69 Å². The van der Waals surface area contributed by atoms with Crippen molar-refractivity contribution in [3.63, 3.8) is 0 Å². The van der Waals surface area contributed by atoms with Gasteiger partial charge in [0.25, 0.3) is 5.91 Å². The van der Waals surface area contributed by atoms with Crippen molar-refractivity contribution >= 4 is 21.6 Å². The standard InChI is InChI=1S/C24H28N4O3S/c1-18-10-5-6-13-23(18)28-19(2)22(17-25-28)24(29)26-20-11-9-12-21(16-20)32(30,31)27-14-7-3-4-8-15-27/h5-6,9-13,16-17H,3-4,7-8,14-15H2,1-2H3,(H,26,29). The highest BCUT2D eigenvalue weighted by molar-refractivity contribution is 7.89. The van der Waals surface area contributed by atoms with E-state index in [2.05, 4.69) is 10.4 Å². The average molecular weight is 453 g/mol. The van der Waals surface area contributed by atoms with Crippen LogP contribution < -0.4 is 5.32 Å². The number of sulfonamides is 1. The topological polar surface area (TPSA) is 84.3 Å². The van der Waals surface area contributed by atoms with E-state index < -0.39 is 10.0 Å². The van der Waals surface area contributed by atoms with Crippen LogP contribution in [0.4, 0.5) is 5.69 Å². The van der Waals surface area contributed by atoms with E-state index in [1.807, 2.05) is 38.1 Å². The maximum atomic E-state index is 13.1. The summed E-state index contributed by atoms with van der Waals surface area (Å²) in [5, 5.41) is 7.22. The molecule has 0 radical (unpaired) electrons. The minimum absolute atomic E-state index is 0.199. The first-order valence-electron chi connectivity index (χ1n) is 10.9. The third-order valence-corrected chi connectivity index (χ3v) is 7.79. The summed E-state index contributed by atoms with van der Waals surface area (Å²) in [5.41, 5.74) is 3.56. The maximum Gasteiger partial charge on any atom is 0.259 e. The fourth-order valence-electron chi connectivity index (χ4n) is 4.04. The van der Waals surface area contributed by atoms with Crippen molar-refractivity contribution in [3.8, 4) is 5.69 Å². The van der Waals surface area contributed by atoms with E-state index in [0.717, 1.165) is 36.9 Å². The highest BCUT2D eigenvalue weighted by Gasteiger charge is 2.25. The third-order valence-electron chi connectivity index (χ3n) is 5.89. The van der Waals surface area contributed by atoms with Gasteiger partial charge < -0.3 is 5.32 Å². The summed E-state index contributed by atoms with van der Waals surface area (Å²) < 4.78 is 29.5. The maximum absolute atomic E-state index is 13.1. The molecule has 1 aliphatic heterocycles. The van der Waals surface area contributed by atoms with Gasteiger partial charge in [-0.15, -0.1) is 0 Å². The summed E-state index contributed by atoms with van der Waals surface area (Å²) in [6.45, 7) is 4.91. The number of benzene rings is 2. The molecule has 0 spiro atoms. The Morgan fingerprint density at radius 1 is 0.969 bits per heavy atom. The number of rotatable bonds is 5. The summed E-state index contributed by atoms with van der Waals surface area (Å²) in [4.78, 5) is 13.1. The molecule has 4 rings (SSSR count). The minimum Gasteiger partial charge on any atom is -0.322 e. The molecule has 7 nitrogen and oxygen atoms in total. The molecule has 1 N–H and O–H groups in total. The number of carbonyl (C=O) groups is 1. The molecule has 1 amide bonds. The van der Waals surface area contributed by atoms with Crippen LogP contribution in [0.1, 0.15) is 47.3 Å². The van der Waals surface area contributed by atoms with Crippen molar-refractivity contribution in [1.29, 1.82) is 0 Å². The van der Waals surface area contributed by atoms with E-state index in [1.54, 1.807) is 27.2 Å². The van der Waals surface area contributed by atoms with Crippen molar-refractivity contribution < 1.29 is 13.2 Å². The molecule has 2 aromatic carbocycles. The number of nitrogens with one attached hydrogen (secondary N) is 1. The normalized spacial score (nSPS) is 15.3. The van der Waals surface area contributed by atoms with E-state index in [1.165, 1.54) is 12.3 Å². The van der Waals surface area contributed by atoms with Crippen molar-refractivity contribution in [2.45, 2.75) is 44.4 Å². The number of aromatic nitrogens is 2. The molecule has 0 saturated carbocycles. The molecular formula is C24H28N4O3S. The number of hydrogen-bond donors (Lipinski definition) is 1. The molecule has 3 aromatic rings. The predicted octanol–water partition coefficient (Wildman–Crippen LogP) is 4.31. The van der Waals surface area contributed by atoms with E-state index in [9.17, 15) is 13.2 Å². The van der Waals surface area contributed by atoms with Gasteiger partial charge in [-0.05, 0) is 56.5 Å². The first kappa shape index (κ1) is 22.2. The fourth-order valence-corrected chi connectivity index (χ4v) is 5.60. The Kier molecular flexibility index (Phi) is 6.43. The molecule has 0 atom stereocenters. The van der Waals surface area contributed by atoms with Crippen molar-refractivity contribution in [3.05, 3.63) is 71.5 Å². The Hall–Kier alpha value is -2.97. The first-order chi connectivity index (χ1) is 15.4. The van der Waals surface area contributed by atoms with Gasteiger partial charge in [0.2, 0.25) is 10.0 Å². The lowest BCUT2D eigenvalue weighted by molar-refractivity contribution is 0.102. The zero-order chi connectivity index (χ0) is 22.7. The Morgan fingerprint density at radius 3 is 2.41 bits per heavy atom. The molecular weight excluding hydrogens is 424 g/mol. The van der Waals surface area contributed by atoms with Crippen LogP contribution in [0, 0.1) is 13.8 Å². The van der Waals surface area contributed by atoms with Gasteiger partial charge in [-0.1, -0.05) is 37.1 Å². The lowest BCUT2D eigenvalue weighted by Gasteiger charge is -2.20. The molecule has 168 valence electrons. The Morgan fingerprint density at radius 2 is 1.69 bits per heavy atom. The molecule has 1 fully saturated rings. The number of para-hydroxylation sites is 1. The van der Waals surface area contributed by atoms with Crippen molar-refractivity contribution in [1.82, 2.24) is 14.1 Å². The first-order valence-corrected chi connectivity index (χ1v) is 12.3. The summed E-state index contributed by atoms with van der Waals surface area (Å²) in [7, 11) is -3.59. The average Bonchev–Trinajstić information content (AvgIpc) is 2.98. The van der Waals surface area contributed by atoms with E-state index in [0.29, 0.717) is 30.0 Å². The summed E-state index contributed by atoms with van der Waals surface area (Å²) >= 11 is 0. The van der Waals surface area contributed by atoms with Gasteiger partial charge in [0, 0.05) is 18.8 Å². The van der Waals surface area contributed by atoms with Crippen LogP contribution in [0.2, 0.25) is 0 Å². The van der Waals surface area contributed by atoms with Crippen LogP contribution in [0.15, 0.2) is 59.6 Å². The highest BCUT2D eigenvalue weighted by atomic mass is 32.2. The second-order valence-corrected chi connectivity index (χ2v) is 10.1. The Labute approximate surface area is 189 Å². The SMILES string of the molecule is Cc1ccccc1-n1ncc(C(=O)Nc2cccc(S(=O)(=O)N3CCCCCC3)c2)c1C. The molecule has 2 heterocycles. The molecule has 0 unspecified atom stereocenters. The van der Waals surface area contributed by atoms with Gasteiger partial charge >= 0.3 is 0 Å². The second-order valence-electron chi connectivity index (χ2n) is 8.14. The van der Waals surface area contributed by atoms with Crippen molar-refractivity contribution in [2.75, 3.05) is 18.4 Å². The minimum atomic E-state index is -3.59. The van der Waals surface area contributed by atoms with Gasteiger partial charge in [0.05, 0.1) is 28.0 Å². The molecule has 32 heavy (non-hydrogen) atoms. The number of hydrogen-bond acceptors (Lipinski definition) is 4. The molecule has 1 aliphatic rings. The van der Waals surface area contributed by atoms with Crippen LogP contribution in [-0.2, 0) is 10.0 Å². The molecule has 8 heteroatoms. The zero-order valence-corrected chi connectivity index (χ0v) is 19.2. The summed E-state index contributed by atoms with van der Waals surface area (Å²) in [6, 6.07) is 14.3. The molecule has 1 aromatic heterocycles.